The van der Waals surface area contributed by atoms with Crippen LogP contribution in [0.2, 0.25) is 0 Å². The van der Waals surface area contributed by atoms with E-state index in [-0.39, 0.29) is 11.8 Å². The van der Waals surface area contributed by atoms with Crippen LogP contribution < -0.4 is 0 Å². The molecule has 1 amide bonds. The van der Waals surface area contributed by atoms with Gasteiger partial charge in [0, 0.05) is 25.5 Å². The van der Waals surface area contributed by atoms with E-state index in [4.69, 9.17) is 0 Å². The summed E-state index contributed by atoms with van der Waals surface area (Å²) in [5, 5.41) is 14.1. The first-order valence-corrected chi connectivity index (χ1v) is 7.68. The zero-order valence-electron chi connectivity index (χ0n) is 12.7. The lowest BCUT2D eigenvalue weighted by Gasteiger charge is -2.34. The summed E-state index contributed by atoms with van der Waals surface area (Å²) >= 11 is 0. The molecule has 3 rings (SSSR count). The number of nitrogens with zero attached hydrogens (tertiary/aromatic N) is 3. The van der Waals surface area contributed by atoms with Crippen LogP contribution >= 0.6 is 0 Å². The fraction of sp³-hybridized carbons (Fsp3) is 0.412. The minimum atomic E-state index is -0.403. The van der Waals surface area contributed by atoms with Crippen molar-refractivity contribution in [3.63, 3.8) is 0 Å². The van der Waals surface area contributed by atoms with Crippen molar-refractivity contribution in [3.05, 3.63) is 48.3 Å². The third-order valence-electron chi connectivity index (χ3n) is 4.33. The van der Waals surface area contributed by atoms with E-state index < -0.39 is 6.10 Å². The Kier molecular flexibility index (Phi) is 4.24. The Labute approximate surface area is 130 Å². The van der Waals surface area contributed by atoms with Crippen LogP contribution in [0.4, 0.5) is 0 Å². The molecule has 0 bridgehead atoms. The van der Waals surface area contributed by atoms with Gasteiger partial charge in [-0.15, -0.1) is 0 Å². The lowest BCUT2D eigenvalue weighted by Crippen LogP contribution is -2.46. The Morgan fingerprint density at radius 3 is 2.77 bits per heavy atom. The van der Waals surface area contributed by atoms with Crippen LogP contribution in [0.25, 0.3) is 5.69 Å². The number of aliphatic hydroxyl groups excluding tert-OH is 1. The molecule has 1 aromatic carbocycles. The van der Waals surface area contributed by atoms with E-state index in [9.17, 15) is 9.90 Å². The number of carbonyl (C=O) groups is 1. The Hall–Kier alpha value is -2.14. The van der Waals surface area contributed by atoms with Gasteiger partial charge in [-0.25, -0.2) is 4.68 Å². The van der Waals surface area contributed by atoms with Gasteiger partial charge >= 0.3 is 0 Å². The van der Waals surface area contributed by atoms with Gasteiger partial charge in [0.2, 0.25) is 5.91 Å². The normalized spacial score (nSPS) is 21.8. The van der Waals surface area contributed by atoms with Gasteiger partial charge in [-0.2, -0.15) is 5.10 Å². The van der Waals surface area contributed by atoms with Gasteiger partial charge in [0.05, 0.1) is 18.2 Å². The average Bonchev–Trinajstić information content (AvgIpc) is 3.05. The second-order valence-corrected chi connectivity index (χ2v) is 5.97. The summed E-state index contributed by atoms with van der Waals surface area (Å²) in [6, 6.07) is 9.71. The van der Waals surface area contributed by atoms with E-state index in [0.29, 0.717) is 13.0 Å². The maximum absolute atomic E-state index is 12.3. The molecule has 2 heterocycles. The molecule has 2 atom stereocenters. The van der Waals surface area contributed by atoms with E-state index in [2.05, 4.69) is 5.10 Å². The molecule has 1 N–H and O–H groups in total. The fourth-order valence-corrected chi connectivity index (χ4v) is 2.75. The van der Waals surface area contributed by atoms with Gasteiger partial charge in [-0.1, -0.05) is 19.1 Å². The summed E-state index contributed by atoms with van der Waals surface area (Å²) in [6.07, 6.45) is 4.46. The van der Waals surface area contributed by atoms with Crippen molar-refractivity contribution in [2.75, 3.05) is 13.1 Å². The van der Waals surface area contributed by atoms with Gasteiger partial charge in [0.25, 0.3) is 0 Å². The molecule has 0 aliphatic carbocycles. The Bertz CT molecular complexity index is 622. The molecule has 5 nitrogen and oxygen atoms in total. The predicted octanol–water partition coefficient (Wildman–Crippen LogP) is 1.64. The van der Waals surface area contributed by atoms with Crippen molar-refractivity contribution in [2.24, 2.45) is 5.92 Å². The number of hydrogen-bond acceptors (Lipinski definition) is 3. The molecule has 2 aromatic rings. The molecule has 5 heteroatoms. The number of amides is 1. The van der Waals surface area contributed by atoms with Gasteiger partial charge in [-0.3, -0.25) is 4.79 Å². The smallest absolute Gasteiger partial charge is 0.227 e. The number of rotatable bonds is 3. The minimum Gasteiger partial charge on any atom is -0.391 e. The van der Waals surface area contributed by atoms with E-state index >= 15 is 0 Å². The average molecular weight is 299 g/mol. The van der Waals surface area contributed by atoms with Crippen molar-refractivity contribution < 1.29 is 9.90 Å². The third kappa shape index (κ3) is 3.20. The molecule has 1 aliphatic rings. The predicted molar refractivity (Wildman–Crippen MR) is 83.6 cm³/mol. The lowest BCUT2D eigenvalue weighted by atomic mass is 9.95. The topological polar surface area (TPSA) is 58.4 Å². The number of hydrogen-bond donors (Lipinski definition) is 1. The molecule has 1 fully saturated rings. The summed E-state index contributed by atoms with van der Waals surface area (Å²) in [4.78, 5) is 14.1. The summed E-state index contributed by atoms with van der Waals surface area (Å²) < 4.78 is 1.79. The maximum Gasteiger partial charge on any atom is 0.227 e. The highest BCUT2D eigenvalue weighted by Crippen LogP contribution is 2.18. The SMILES string of the molecule is CC1CCN(C(=O)Cc2ccc(-n3cccn3)cc2)CC1O. The second kappa shape index (κ2) is 6.32. The monoisotopic (exact) mass is 299 g/mol. The summed E-state index contributed by atoms with van der Waals surface area (Å²) in [5.41, 5.74) is 1.96. The van der Waals surface area contributed by atoms with Crippen LogP contribution in [0, 0.1) is 5.92 Å². The first-order valence-electron chi connectivity index (χ1n) is 7.68. The van der Waals surface area contributed by atoms with Crippen molar-refractivity contribution in [1.29, 1.82) is 0 Å². The largest absolute Gasteiger partial charge is 0.391 e. The standard InChI is InChI=1S/C17H21N3O2/c1-13-7-10-19(12-16(13)21)17(22)11-14-3-5-15(6-4-14)20-9-2-8-18-20/h2-6,8-9,13,16,21H,7,10-12H2,1H3. The zero-order valence-corrected chi connectivity index (χ0v) is 12.7. The highest BCUT2D eigenvalue weighted by atomic mass is 16.3. The van der Waals surface area contributed by atoms with Gasteiger partial charge in [-0.05, 0) is 36.1 Å². The number of benzene rings is 1. The molecule has 0 spiro atoms. The van der Waals surface area contributed by atoms with Gasteiger partial charge in [0.15, 0.2) is 0 Å². The molecular weight excluding hydrogens is 278 g/mol. The number of aromatic nitrogens is 2. The molecule has 116 valence electrons. The third-order valence-corrected chi connectivity index (χ3v) is 4.33. The lowest BCUT2D eigenvalue weighted by molar-refractivity contribution is -0.134. The number of likely N-dealkylation sites (tertiary alicyclic amines) is 1. The van der Waals surface area contributed by atoms with E-state index in [1.165, 1.54) is 0 Å². The van der Waals surface area contributed by atoms with E-state index in [1.54, 1.807) is 15.8 Å². The molecule has 0 saturated carbocycles. The maximum atomic E-state index is 12.3. The first kappa shape index (κ1) is 14.8. The van der Waals surface area contributed by atoms with E-state index in [0.717, 1.165) is 24.2 Å². The molecule has 2 unspecified atom stereocenters. The molecule has 22 heavy (non-hydrogen) atoms. The quantitative estimate of drug-likeness (QED) is 0.937. The van der Waals surface area contributed by atoms with Crippen LogP contribution in [0.3, 0.4) is 0 Å². The summed E-state index contributed by atoms with van der Waals surface area (Å²) in [6.45, 7) is 3.22. The minimum absolute atomic E-state index is 0.0813. The van der Waals surface area contributed by atoms with Gasteiger partial charge < -0.3 is 10.0 Å². The van der Waals surface area contributed by atoms with Crippen LogP contribution in [-0.2, 0) is 11.2 Å². The molecule has 0 radical (unpaired) electrons. The van der Waals surface area contributed by atoms with Crippen LogP contribution in [-0.4, -0.2) is 44.9 Å². The van der Waals surface area contributed by atoms with Gasteiger partial charge in [0.1, 0.15) is 0 Å². The van der Waals surface area contributed by atoms with Crippen LogP contribution in [0.5, 0.6) is 0 Å². The number of carbonyl (C=O) groups excluding carboxylic acids is 1. The zero-order chi connectivity index (χ0) is 15.5. The first-order chi connectivity index (χ1) is 10.6. The van der Waals surface area contributed by atoms with Crippen molar-refractivity contribution in [2.45, 2.75) is 25.9 Å². The van der Waals surface area contributed by atoms with Crippen LogP contribution in [0.1, 0.15) is 18.9 Å². The fourth-order valence-electron chi connectivity index (χ4n) is 2.75. The Morgan fingerprint density at radius 1 is 1.36 bits per heavy atom. The van der Waals surface area contributed by atoms with Crippen molar-refractivity contribution in [1.82, 2.24) is 14.7 Å². The highest BCUT2D eigenvalue weighted by molar-refractivity contribution is 5.79. The highest BCUT2D eigenvalue weighted by Gasteiger charge is 2.27. The number of aliphatic hydroxyl groups is 1. The number of piperidine rings is 1. The molecule has 1 aromatic heterocycles. The summed E-state index contributed by atoms with van der Waals surface area (Å²) in [7, 11) is 0. The Morgan fingerprint density at radius 2 is 2.14 bits per heavy atom. The van der Waals surface area contributed by atoms with Crippen molar-refractivity contribution in [3.8, 4) is 5.69 Å². The molecule has 1 saturated heterocycles. The van der Waals surface area contributed by atoms with E-state index in [1.807, 2.05) is 43.5 Å². The second-order valence-electron chi connectivity index (χ2n) is 5.97. The molecular formula is C17H21N3O2. The molecule has 1 aliphatic heterocycles. The van der Waals surface area contributed by atoms with Crippen molar-refractivity contribution >= 4 is 5.91 Å². The van der Waals surface area contributed by atoms with Crippen LogP contribution in [0.15, 0.2) is 42.7 Å². The number of β-amino-alcohol motifs (C(OH)–C–C–N with tert-alkyl or cyclic N) is 1. The summed E-state index contributed by atoms with van der Waals surface area (Å²) in [5.74, 6) is 0.357. The Balaban J connectivity index is 1.62.